The van der Waals surface area contributed by atoms with Crippen molar-refractivity contribution in [2.24, 2.45) is 0 Å². The van der Waals surface area contributed by atoms with Gasteiger partial charge >= 0.3 is 5.97 Å². The highest BCUT2D eigenvalue weighted by atomic mass is 32.2. The fraction of sp³-hybridized carbons (Fsp3) is 0.0909. The number of carbonyl (C=O) groups is 2. The minimum Gasteiger partial charge on any atom is -0.457 e. The molecule has 0 spiro atoms. The summed E-state index contributed by atoms with van der Waals surface area (Å²) in [6, 6.07) is 17.9. The van der Waals surface area contributed by atoms with Crippen LogP contribution in [0.15, 0.2) is 88.0 Å². The lowest BCUT2D eigenvalue weighted by molar-refractivity contribution is -0.114. The maximum absolute atomic E-state index is 13.4. The lowest BCUT2D eigenvalue weighted by Crippen LogP contribution is -2.37. The predicted molar refractivity (Wildman–Crippen MR) is 107 cm³/mol. The zero-order chi connectivity index (χ0) is 21.3. The number of nitrogens with zero attached hydrogens (tertiary/aromatic N) is 1. The molecule has 4 rings (SSSR count). The number of allylic oxidation sites excluding steroid dienone is 1. The summed E-state index contributed by atoms with van der Waals surface area (Å²) in [5.41, 5.74) is 0.611. The second-order valence-electron chi connectivity index (χ2n) is 6.59. The quantitative estimate of drug-likeness (QED) is 0.582. The molecule has 0 saturated carbocycles. The fourth-order valence-corrected chi connectivity index (χ4v) is 4.95. The summed E-state index contributed by atoms with van der Waals surface area (Å²) in [6.45, 7) is 1.14. The molecule has 152 valence electrons. The standard InChI is InChI=1S/C22H17NO6S/c1-15(24)20-21(29-22(25)18-11-7-13-28-18)17-10-5-6-12-19(17)30(26,27)23(20)14-16-8-3-2-4-9-16/h2-13H,14H2,1H3. The maximum atomic E-state index is 13.4. The molecule has 0 unspecified atom stereocenters. The third-order valence-corrected chi connectivity index (χ3v) is 6.39. The first-order valence-electron chi connectivity index (χ1n) is 9.06. The lowest BCUT2D eigenvalue weighted by Gasteiger charge is -2.32. The van der Waals surface area contributed by atoms with Crippen molar-refractivity contribution in [1.29, 1.82) is 0 Å². The van der Waals surface area contributed by atoms with Gasteiger partial charge in [0.05, 0.1) is 17.7 Å². The number of esters is 1. The summed E-state index contributed by atoms with van der Waals surface area (Å²) in [5, 5.41) is 0. The third kappa shape index (κ3) is 3.42. The zero-order valence-electron chi connectivity index (χ0n) is 15.9. The first-order valence-corrected chi connectivity index (χ1v) is 10.5. The Kier molecular flexibility index (Phi) is 5.01. The molecule has 1 aromatic heterocycles. The monoisotopic (exact) mass is 423 g/mol. The van der Waals surface area contributed by atoms with Gasteiger partial charge in [0, 0.05) is 12.5 Å². The lowest BCUT2D eigenvalue weighted by atomic mass is 10.1. The largest absolute Gasteiger partial charge is 0.457 e. The van der Waals surface area contributed by atoms with Crippen LogP contribution in [0.3, 0.4) is 0 Å². The van der Waals surface area contributed by atoms with Crippen LogP contribution >= 0.6 is 0 Å². The molecule has 3 aromatic rings. The van der Waals surface area contributed by atoms with Crippen molar-refractivity contribution in [3.05, 3.63) is 95.6 Å². The predicted octanol–water partition coefficient (Wildman–Crippen LogP) is 3.60. The molecule has 0 fully saturated rings. The maximum Gasteiger partial charge on any atom is 0.379 e. The van der Waals surface area contributed by atoms with Crippen molar-refractivity contribution in [2.75, 3.05) is 0 Å². The number of Topliss-reactive ketones (excluding diaryl/α,β-unsaturated/α-hetero) is 1. The van der Waals surface area contributed by atoms with E-state index in [1.54, 1.807) is 36.4 Å². The molecule has 0 N–H and O–H groups in total. The van der Waals surface area contributed by atoms with Crippen LogP contribution in [0.4, 0.5) is 0 Å². The zero-order valence-corrected chi connectivity index (χ0v) is 16.8. The number of sulfonamides is 1. The summed E-state index contributed by atoms with van der Waals surface area (Å²) in [6.07, 6.45) is 1.32. The highest BCUT2D eigenvalue weighted by molar-refractivity contribution is 7.89. The van der Waals surface area contributed by atoms with Crippen LogP contribution in [0.5, 0.6) is 0 Å². The van der Waals surface area contributed by atoms with Gasteiger partial charge in [-0.3, -0.25) is 9.10 Å². The van der Waals surface area contributed by atoms with Gasteiger partial charge in [-0.15, -0.1) is 0 Å². The number of hydrogen-bond donors (Lipinski definition) is 0. The first kappa shape index (κ1) is 19.7. The van der Waals surface area contributed by atoms with Crippen molar-refractivity contribution in [3.8, 4) is 0 Å². The van der Waals surface area contributed by atoms with Crippen LogP contribution in [-0.4, -0.2) is 24.5 Å². The second kappa shape index (κ2) is 7.64. The fourth-order valence-electron chi connectivity index (χ4n) is 3.25. The van der Waals surface area contributed by atoms with Crippen LogP contribution in [0.1, 0.15) is 28.6 Å². The van der Waals surface area contributed by atoms with E-state index in [9.17, 15) is 18.0 Å². The van der Waals surface area contributed by atoms with Crippen LogP contribution in [0.25, 0.3) is 5.76 Å². The normalized spacial score (nSPS) is 14.9. The molecule has 0 saturated heterocycles. The van der Waals surface area contributed by atoms with Crippen LogP contribution in [0, 0.1) is 0 Å². The summed E-state index contributed by atoms with van der Waals surface area (Å²) in [5.74, 6) is -1.56. The van der Waals surface area contributed by atoms with E-state index in [0.717, 1.165) is 4.31 Å². The minimum atomic E-state index is -4.06. The van der Waals surface area contributed by atoms with Crippen molar-refractivity contribution < 1.29 is 27.2 Å². The number of hydrogen-bond acceptors (Lipinski definition) is 6. The molecule has 7 nitrogen and oxygen atoms in total. The summed E-state index contributed by atoms with van der Waals surface area (Å²) in [4.78, 5) is 25.1. The average molecular weight is 423 g/mol. The van der Waals surface area contributed by atoms with E-state index in [-0.39, 0.29) is 34.2 Å². The van der Waals surface area contributed by atoms with Crippen LogP contribution in [0.2, 0.25) is 0 Å². The van der Waals surface area contributed by atoms with Gasteiger partial charge in [-0.1, -0.05) is 42.5 Å². The van der Waals surface area contributed by atoms with Crippen LogP contribution in [-0.2, 0) is 26.1 Å². The van der Waals surface area contributed by atoms with Crippen LogP contribution < -0.4 is 0 Å². The smallest absolute Gasteiger partial charge is 0.379 e. The van der Waals surface area contributed by atoms with Gasteiger partial charge in [0.1, 0.15) is 5.70 Å². The van der Waals surface area contributed by atoms with Gasteiger partial charge in [0.25, 0.3) is 10.0 Å². The van der Waals surface area contributed by atoms with E-state index in [2.05, 4.69) is 0 Å². The molecule has 30 heavy (non-hydrogen) atoms. The van der Waals surface area contributed by atoms with Gasteiger partial charge in [-0.05, 0) is 29.8 Å². The Bertz CT molecular complexity index is 1240. The Morgan fingerprint density at radius 3 is 2.33 bits per heavy atom. The third-order valence-electron chi connectivity index (χ3n) is 4.58. The van der Waals surface area contributed by atoms with E-state index >= 15 is 0 Å². The molecule has 0 bridgehead atoms. The first-order chi connectivity index (χ1) is 14.4. The van der Waals surface area contributed by atoms with Crippen molar-refractivity contribution in [1.82, 2.24) is 4.31 Å². The molecule has 2 aromatic carbocycles. The molecule has 1 aliphatic rings. The van der Waals surface area contributed by atoms with Gasteiger partial charge in [-0.25, -0.2) is 13.2 Å². The summed E-state index contributed by atoms with van der Waals surface area (Å²) >= 11 is 0. The number of ketones is 1. The molecule has 8 heteroatoms. The van der Waals surface area contributed by atoms with Crippen molar-refractivity contribution >= 4 is 27.5 Å². The van der Waals surface area contributed by atoms with Crippen molar-refractivity contribution in [2.45, 2.75) is 18.4 Å². The Morgan fingerprint density at radius 2 is 1.67 bits per heavy atom. The molecular weight excluding hydrogens is 406 g/mol. The Balaban J connectivity index is 1.90. The summed E-state index contributed by atoms with van der Waals surface area (Å²) in [7, 11) is -4.06. The topological polar surface area (TPSA) is 93.9 Å². The Hall–Kier alpha value is -3.65. The highest BCUT2D eigenvalue weighted by Crippen LogP contribution is 2.39. The number of benzene rings is 2. The SMILES string of the molecule is CC(=O)C1=C(OC(=O)c2ccco2)c2ccccc2S(=O)(=O)N1Cc1ccccc1. The number of furan rings is 1. The minimum absolute atomic E-state index is 0.0480. The van der Waals surface area contributed by atoms with E-state index in [0.29, 0.717) is 5.56 Å². The average Bonchev–Trinajstić information content (AvgIpc) is 3.27. The molecule has 2 heterocycles. The molecule has 0 aliphatic carbocycles. The van der Waals surface area contributed by atoms with E-state index in [1.165, 1.54) is 37.5 Å². The van der Waals surface area contributed by atoms with E-state index in [4.69, 9.17) is 9.15 Å². The van der Waals surface area contributed by atoms with Gasteiger partial charge in [-0.2, -0.15) is 0 Å². The molecular formula is C22H17NO6S. The number of ether oxygens (including phenoxy) is 1. The molecule has 0 atom stereocenters. The molecule has 0 radical (unpaired) electrons. The highest BCUT2D eigenvalue weighted by Gasteiger charge is 2.40. The summed E-state index contributed by atoms with van der Waals surface area (Å²) < 4.78 is 38.3. The Labute approximate surface area is 173 Å². The van der Waals surface area contributed by atoms with Gasteiger partial charge in [0.15, 0.2) is 11.5 Å². The number of carbonyl (C=O) groups excluding carboxylic acids is 2. The molecule has 1 aliphatic heterocycles. The van der Waals surface area contributed by atoms with E-state index < -0.39 is 21.8 Å². The van der Waals surface area contributed by atoms with Gasteiger partial charge in [0.2, 0.25) is 5.76 Å². The number of fused-ring (bicyclic) bond motifs is 1. The van der Waals surface area contributed by atoms with E-state index in [1.807, 2.05) is 6.07 Å². The Morgan fingerprint density at radius 1 is 0.967 bits per heavy atom. The molecule has 0 amide bonds. The van der Waals surface area contributed by atoms with Gasteiger partial charge < -0.3 is 9.15 Å². The second-order valence-corrected chi connectivity index (χ2v) is 8.42. The van der Waals surface area contributed by atoms with Crippen molar-refractivity contribution in [3.63, 3.8) is 0 Å². The number of rotatable bonds is 5.